The molecule has 396 valence electrons. The molecule has 4 aromatic heterocycles. The summed E-state index contributed by atoms with van der Waals surface area (Å²) in [7, 11) is 2.84. The predicted octanol–water partition coefficient (Wildman–Crippen LogP) is 10.0. The number of anilines is 4. The number of nitrogens with one attached hydrogen (secondary N) is 3. The lowest BCUT2D eigenvalue weighted by Crippen LogP contribution is -2.51. The van der Waals surface area contributed by atoms with Crippen molar-refractivity contribution in [2.75, 3.05) is 77.2 Å². The standard InChI is InChI=1S/C29H30ClFN6O4.C24H22ClFN6O2.ClH/c1-29(2,3)41-28(39)36-13-11-35(12-14-36)27(38)20-7-6-19(16-21(20)30)34-25-26-33-17-23(37(26)10-9-32-25)18-5-8-24(40-4)22(31)15-18;1-34-21-5-2-15(12-19(21)26)20-14-29-23-22(28-8-11-32(20)23)30-16-3-4-17(18(25)13-16)24(33)31-9-6-27-7-10-31;/h5-10,15-17H,11-14H2,1-4H3,(H,32,34);2-5,8,11-14,27H,6-7,9-10H2,1H3,(H,28,30);1H. The summed E-state index contributed by atoms with van der Waals surface area (Å²) in [6, 6.07) is 19.7. The maximum Gasteiger partial charge on any atom is 0.410 e. The van der Waals surface area contributed by atoms with E-state index in [1.165, 1.54) is 26.4 Å². The molecule has 0 atom stereocenters. The minimum Gasteiger partial charge on any atom is -0.494 e. The topological polar surface area (TPSA) is 185 Å². The van der Waals surface area contributed by atoms with Gasteiger partial charge in [0.1, 0.15) is 5.60 Å². The molecule has 0 aliphatic carbocycles. The molecule has 8 aromatic rings. The molecule has 23 heteroatoms. The van der Waals surface area contributed by atoms with Crippen LogP contribution in [0.4, 0.5) is 36.6 Å². The molecule has 0 bridgehead atoms. The van der Waals surface area contributed by atoms with E-state index in [1.54, 1.807) is 117 Å². The van der Waals surface area contributed by atoms with Crippen LogP contribution in [0.15, 0.2) is 110 Å². The summed E-state index contributed by atoms with van der Waals surface area (Å²) in [6.45, 7) is 9.81. The number of nitrogens with zero attached hydrogens (tertiary/aromatic N) is 9. The highest BCUT2D eigenvalue weighted by molar-refractivity contribution is 6.34. The van der Waals surface area contributed by atoms with Gasteiger partial charge in [-0.2, -0.15) is 0 Å². The van der Waals surface area contributed by atoms with Gasteiger partial charge in [-0.3, -0.25) is 18.4 Å². The Bertz CT molecular complexity index is 3430. The predicted molar refractivity (Wildman–Crippen MR) is 289 cm³/mol. The van der Waals surface area contributed by atoms with Crippen molar-refractivity contribution in [3.05, 3.63) is 143 Å². The van der Waals surface area contributed by atoms with E-state index in [2.05, 4.69) is 35.9 Å². The number of rotatable bonds is 10. The van der Waals surface area contributed by atoms with Gasteiger partial charge < -0.3 is 44.9 Å². The van der Waals surface area contributed by atoms with Crippen LogP contribution in [0.3, 0.4) is 0 Å². The highest BCUT2D eigenvalue weighted by Crippen LogP contribution is 2.32. The minimum absolute atomic E-state index is 0. The molecule has 0 radical (unpaired) electrons. The van der Waals surface area contributed by atoms with Gasteiger partial charge in [-0.15, -0.1) is 12.4 Å². The Hall–Kier alpha value is -7.78. The number of halogens is 5. The second-order valence-corrected chi connectivity index (χ2v) is 19.2. The minimum atomic E-state index is -0.579. The normalized spacial score (nSPS) is 13.6. The lowest BCUT2D eigenvalue weighted by molar-refractivity contribution is 0.0141. The fourth-order valence-corrected chi connectivity index (χ4v) is 9.05. The van der Waals surface area contributed by atoms with E-state index < -0.39 is 17.2 Å². The molecular weight excluding hydrogens is 1050 g/mol. The van der Waals surface area contributed by atoms with Gasteiger partial charge in [0.15, 0.2) is 46.1 Å². The van der Waals surface area contributed by atoms with Crippen molar-refractivity contribution in [3.63, 3.8) is 0 Å². The average Bonchev–Trinajstić information content (AvgIpc) is 4.06. The second kappa shape index (κ2) is 23.4. The van der Waals surface area contributed by atoms with E-state index in [0.717, 1.165) is 13.1 Å². The number of ether oxygens (including phenoxy) is 3. The molecule has 2 fully saturated rings. The summed E-state index contributed by atoms with van der Waals surface area (Å²) in [5, 5.41) is 10.3. The van der Waals surface area contributed by atoms with Gasteiger partial charge in [-0.25, -0.2) is 33.5 Å². The molecule has 2 saturated heterocycles. The number of imidazole rings is 2. The molecule has 3 amide bonds. The molecule has 6 heterocycles. The smallest absolute Gasteiger partial charge is 0.410 e. The van der Waals surface area contributed by atoms with Crippen LogP contribution in [0, 0.1) is 11.6 Å². The van der Waals surface area contributed by atoms with Crippen LogP contribution in [-0.2, 0) is 4.74 Å². The average molecular weight is 1100 g/mol. The first-order chi connectivity index (χ1) is 36.1. The third-order valence-electron chi connectivity index (χ3n) is 12.3. The van der Waals surface area contributed by atoms with Gasteiger partial charge in [0.05, 0.1) is 59.2 Å². The molecule has 2 aliphatic heterocycles. The Labute approximate surface area is 452 Å². The quantitative estimate of drug-likeness (QED) is 0.118. The Morgan fingerprint density at radius 1 is 0.605 bits per heavy atom. The number of fused-ring (bicyclic) bond motifs is 2. The molecule has 3 N–H and O–H groups in total. The highest BCUT2D eigenvalue weighted by Gasteiger charge is 2.29. The number of amides is 3. The summed E-state index contributed by atoms with van der Waals surface area (Å²) >= 11 is 13.0. The first-order valence-corrected chi connectivity index (χ1v) is 24.6. The first kappa shape index (κ1) is 54.5. The second-order valence-electron chi connectivity index (χ2n) is 18.4. The van der Waals surface area contributed by atoms with E-state index in [-0.39, 0.29) is 46.8 Å². The van der Waals surface area contributed by atoms with Crippen LogP contribution < -0.4 is 25.4 Å². The number of carbonyl (C=O) groups excluding carboxylic acids is 3. The fourth-order valence-electron chi connectivity index (χ4n) is 8.53. The largest absolute Gasteiger partial charge is 0.494 e. The maximum atomic E-state index is 14.3. The Balaban J connectivity index is 0.000000202. The lowest BCUT2D eigenvalue weighted by Gasteiger charge is -2.35. The van der Waals surface area contributed by atoms with Crippen molar-refractivity contribution >= 4 is 87.8 Å². The van der Waals surface area contributed by atoms with Gasteiger partial charge >= 0.3 is 6.09 Å². The summed E-state index contributed by atoms with van der Waals surface area (Å²) in [5.74, 6) is 0.0825. The van der Waals surface area contributed by atoms with E-state index in [1.807, 2.05) is 25.2 Å². The van der Waals surface area contributed by atoms with Gasteiger partial charge in [0.2, 0.25) is 0 Å². The zero-order valence-corrected chi connectivity index (χ0v) is 44.3. The number of piperazine rings is 2. The zero-order valence-electron chi connectivity index (χ0n) is 41.9. The van der Waals surface area contributed by atoms with Crippen LogP contribution in [0.2, 0.25) is 10.0 Å². The van der Waals surface area contributed by atoms with Crippen molar-refractivity contribution < 1.29 is 37.4 Å². The Morgan fingerprint density at radius 3 is 1.45 bits per heavy atom. The van der Waals surface area contributed by atoms with Crippen molar-refractivity contribution in [1.82, 2.24) is 48.8 Å². The van der Waals surface area contributed by atoms with E-state index in [9.17, 15) is 23.2 Å². The van der Waals surface area contributed by atoms with E-state index in [4.69, 9.17) is 37.4 Å². The number of methoxy groups -OCH3 is 2. The van der Waals surface area contributed by atoms with Crippen LogP contribution in [0.1, 0.15) is 41.5 Å². The maximum absolute atomic E-state index is 14.3. The van der Waals surface area contributed by atoms with Crippen molar-refractivity contribution in [2.45, 2.75) is 26.4 Å². The summed E-state index contributed by atoms with van der Waals surface area (Å²) < 4.78 is 47.6. The summed E-state index contributed by atoms with van der Waals surface area (Å²) in [5.41, 5.74) is 5.28. The third kappa shape index (κ3) is 12.0. The Morgan fingerprint density at radius 2 is 1.04 bits per heavy atom. The highest BCUT2D eigenvalue weighted by atomic mass is 35.5. The number of benzene rings is 4. The summed E-state index contributed by atoms with van der Waals surface area (Å²) in [4.78, 5) is 61.2. The number of hydrogen-bond acceptors (Lipinski definition) is 13. The van der Waals surface area contributed by atoms with Crippen LogP contribution in [0.25, 0.3) is 33.8 Å². The molecule has 2 aliphatic rings. The van der Waals surface area contributed by atoms with Gasteiger partial charge in [0, 0.05) is 99.6 Å². The van der Waals surface area contributed by atoms with Gasteiger partial charge in [-0.1, -0.05) is 23.2 Å². The number of hydrogen-bond donors (Lipinski definition) is 3. The molecular formula is C53H53Cl3F2N12O6. The molecule has 10 rings (SSSR count). The number of carbonyl (C=O) groups is 3. The van der Waals surface area contributed by atoms with Crippen molar-refractivity contribution in [3.8, 4) is 34.0 Å². The van der Waals surface area contributed by atoms with Crippen LogP contribution >= 0.6 is 35.6 Å². The van der Waals surface area contributed by atoms with E-state index >= 15 is 0 Å². The Kier molecular flexibility index (Phi) is 16.8. The van der Waals surface area contributed by atoms with Crippen LogP contribution in [-0.4, -0.2) is 134 Å². The van der Waals surface area contributed by atoms with Gasteiger partial charge in [-0.05, 0) is 93.6 Å². The molecule has 0 saturated carbocycles. The molecule has 0 unspecified atom stereocenters. The molecule has 76 heavy (non-hydrogen) atoms. The molecule has 18 nitrogen and oxygen atoms in total. The van der Waals surface area contributed by atoms with Crippen molar-refractivity contribution in [1.29, 1.82) is 0 Å². The molecule has 4 aromatic carbocycles. The van der Waals surface area contributed by atoms with E-state index in [0.29, 0.717) is 112 Å². The first-order valence-electron chi connectivity index (χ1n) is 23.8. The SMILES string of the molecule is COc1ccc(-c2cnc3c(Nc4ccc(C(=O)N5CCN(C(=O)OC(C)(C)C)CC5)c(Cl)c4)nccn23)cc1F.COc1ccc(-c2cnc3c(Nc4ccc(C(=O)N5CCNCC5)c(Cl)c4)nccn23)cc1F.Cl. The number of aromatic nitrogens is 6. The van der Waals surface area contributed by atoms with Crippen molar-refractivity contribution in [2.24, 2.45) is 0 Å². The van der Waals surface area contributed by atoms with Gasteiger partial charge in [0.25, 0.3) is 11.8 Å². The fraction of sp³-hybridized carbons (Fsp3) is 0.264. The summed E-state index contributed by atoms with van der Waals surface area (Å²) in [6.07, 6.45) is 9.64. The monoisotopic (exact) mass is 1100 g/mol. The molecule has 0 spiro atoms. The zero-order chi connectivity index (χ0) is 53.0. The lowest BCUT2D eigenvalue weighted by atomic mass is 10.1. The third-order valence-corrected chi connectivity index (χ3v) is 12.9. The van der Waals surface area contributed by atoms with Crippen LogP contribution in [0.5, 0.6) is 11.5 Å².